The third-order valence-corrected chi connectivity index (χ3v) is 2.75. The summed E-state index contributed by atoms with van der Waals surface area (Å²) in [6.07, 6.45) is 4.12. The van der Waals surface area contributed by atoms with Gasteiger partial charge in [-0.3, -0.25) is 0 Å². The highest BCUT2D eigenvalue weighted by Crippen LogP contribution is 2.17. The molecule has 0 bridgehead atoms. The summed E-state index contributed by atoms with van der Waals surface area (Å²) in [6, 6.07) is 1.82. The number of aromatic nitrogens is 3. The molecule has 0 saturated heterocycles. The van der Waals surface area contributed by atoms with Crippen molar-refractivity contribution in [2.45, 2.75) is 12.5 Å². The van der Waals surface area contributed by atoms with Crippen molar-refractivity contribution < 1.29 is 5.11 Å². The van der Waals surface area contributed by atoms with Crippen LogP contribution in [0.5, 0.6) is 0 Å². The molecule has 0 fully saturated rings. The minimum atomic E-state index is -0.0866. The average Bonchev–Trinajstić information content (AvgIpc) is 2.69. The Morgan fingerprint density at radius 2 is 2.47 bits per heavy atom. The maximum Gasteiger partial charge on any atom is 0.203 e. The molecular weight excluding hydrogens is 284 g/mol. The molecule has 0 spiro atoms. The van der Waals surface area contributed by atoms with E-state index >= 15 is 0 Å². The van der Waals surface area contributed by atoms with Gasteiger partial charge in [-0.05, 0) is 28.4 Å². The van der Waals surface area contributed by atoms with Crippen LogP contribution in [0.2, 0.25) is 0 Å². The molecule has 0 aromatic carbocycles. The minimum absolute atomic E-state index is 0.0280. The van der Waals surface area contributed by atoms with Gasteiger partial charge in [-0.25, -0.2) is 4.98 Å². The first-order valence-electron chi connectivity index (χ1n) is 5.22. The summed E-state index contributed by atoms with van der Waals surface area (Å²) in [4.78, 5) is 11.5. The number of imidazole rings is 1. The Balaban J connectivity index is 2.21. The molecule has 0 aliphatic heterocycles. The molecule has 5 nitrogen and oxygen atoms in total. The molecule has 2 aromatic heterocycles. The van der Waals surface area contributed by atoms with Crippen LogP contribution in [-0.2, 0) is 0 Å². The molecule has 2 heterocycles. The van der Waals surface area contributed by atoms with Gasteiger partial charge in [-0.1, -0.05) is 6.08 Å². The smallest absolute Gasteiger partial charge is 0.203 e. The van der Waals surface area contributed by atoms with Gasteiger partial charge in [0.1, 0.15) is 0 Å². The maximum atomic E-state index is 9.16. The number of aliphatic hydroxyl groups is 1. The number of nitrogens with zero attached hydrogens (tertiary/aromatic N) is 2. The lowest BCUT2D eigenvalue weighted by atomic mass is 10.2. The Bertz CT molecular complexity index is 525. The highest BCUT2D eigenvalue weighted by Gasteiger charge is 2.09. The van der Waals surface area contributed by atoms with Crippen molar-refractivity contribution in [2.24, 2.45) is 0 Å². The lowest BCUT2D eigenvalue weighted by Crippen LogP contribution is -2.23. The molecule has 1 atom stereocenters. The predicted octanol–water partition coefficient (Wildman–Crippen LogP) is 2.07. The minimum Gasteiger partial charge on any atom is -0.394 e. The molecule has 0 radical (unpaired) electrons. The van der Waals surface area contributed by atoms with Crippen molar-refractivity contribution in [1.29, 1.82) is 0 Å². The second kappa shape index (κ2) is 5.29. The van der Waals surface area contributed by atoms with Gasteiger partial charge in [0.05, 0.1) is 18.2 Å². The predicted molar refractivity (Wildman–Crippen MR) is 70.9 cm³/mol. The number of halogens is 1. The molecule has 6 heteroatoms. The zero-order chi connectivity index (χ0) is 12.3. The van der Waals surface area contributed by atoms with Gasteiger partial charge in [-0.15, -0.1) is 6.58 Å². The zero-order valence-electron chi connectivity index (χ0n) is 9.15. The van der Waals surface area contributed by atoms with E-state index in [0.29, 0.717) is 18.0 Å². The number of hydrogen-bond acceptors (Lipinski definition) is 4. The van der Waals surface area contributed by atoms with Crippen molar-refractivity contribution >= 4 is 33.0 Å². The largest absolute Gasteiger partial charge is 0.394 e. The molecule has 3 N–H and O–H groups in total. The van der Waals surface area contributed by atoms with Crippen molar-refractivity contribution in [3.05, 3.63) is 29.4 Å². The molecule has 0 aliphatic carbocycles. The summed E-state index contributed by atoms with van der Waals surface area (Å²) in [6.45, 7) is 3.67. The molecule has 90 valence electrons. The van der Waals surface area contributed by atoms with Crippen molar-refractivity contribution in [1.82, 2.24) is 15.0 Å². The van der Waals surface area contributed by atoms with E-state index in [0.717, 1.165) is 9.99 Å². The van der Waals surface area contributed by atoms with Crippen LogP contribution in [0, 0.1) is 0 Å². The van der Waals surface area contributed by atoms with Crippen LogP contribution in [0.4, 0.5) is 5.95 Å². The molecule has 0 saturated carbocycles. The van der Waals surface area contributed by atoms with Gasteiger partial charge in [0.15, 0.2) is 5.65 Å². The van der Waals surface area contributed by atoms with Crippen LogP contribution in [0.25, 0.3) is 11.2 Å². The highest BCUT2D eigenvalue weighted by molar-refractivity contribution is 9.10. The molecule has 17 heavy (non-hydrogen) atoms. The quantitative estimate of drug-likeness (QED) is 0.739. The summed E-state index contributed by atoms with van der Waals surface area (Å²) in [5.74, 6) is 0.603. The van der Waals surface area contributed by atoms with Crippen molar-refractivity contribution in [3.63, 3.8) is 0 Å². The van der Waals surface area contributed by atoms with Crippen LogP contribution in [0.3, 0.4) is 0 Å². The Hall–Kier alpha value is -1.40. The summed E-state index contributed by atoms with van der Waals surface area (Å²) in [7, 11) is 0. The molecule has 2 rings (SSSR count). The fraction of sp³-hybridized carbons (Fsp3) is 0.273. The van der Waals surface area contributed by atoms with Gasteiger partial charge in [0.2, 0.25) is 5.95 Å². The standard InChI is InChI=1S/C11H13BrN4O/c1-2-3-8(6-17)14-11-15-9-4-7(12)5-13-10(9)16-11/h2,4-5,8,17H,1,3,6H2,(H2,13,14,15,16)/t8-/m0/s1. The van der Waals surface area contributed by atoms with E-state index in [1.54, 1.807) is 12.3 Å². The number of fused-ring (bicyclic) bond motifs is 1. The number of H-pyrrole nitrogens is 1. The number of aliphatic hydroxyl groups excluding tert-OH is 1. The molecular formula is C11H13BrN4O. The Labute approximate surface area is 107 Å². The number of aromatic amines is 1. The van der Waals surface area contributed by atoms with Gasteiger partial charge in [0, 0.05) is 10.7 Å². The SMILES string of the molecule is C=CC[C@@H](CO)Nc1nc2ncc(Br)cc2[nH]1. The van der Waals surface area contributed by atoms with E-state index in [1.165, 1.54) is 0 Å². The monoisotopic (exact) mass is 296 g/mol. The summed E-state index contributed by atoms with van der Waals surface area (Å²) in [5, 5.41) is 12.3. The van der Waals surface area contributed by atoms with Crippen LogP contribution in [-0.4, -0.2) is 32.7 Å². The number of pyridine rings is 1. The van der Waals surface area contributed by atoms with E-state index < -0.39 is 0 Å². The lowest BCUT2D eigenvalue weighted by Gasteiger charge is -2.12. The third kappa shape index (κ3) is 2.83. The maximum absolute atomic E-state index is 9.16. The number of rotatable bonds is 5. The van der Waals surface area contributed by atoms with E-state index in [9.17, 15) is 0 Å². The first-order valence-corrected chi connectivity index (χ1v) is 6.01. The van der Waals surface area contributed by atoms with Crippen LogP contribution in [0.1, 0.15) is 6.42 Å². The van der Waals surface area contributed by atoms with Crippen LogP contribution in [0.15, 0.2) is 29.4 Å². The topological polar surface area (TPSA) is 73.8 Å². The Kier molecular flexibility index (Phi) is 3.75. The third-order valence-electron chi connectivity index (χ3n) is 2.32. The van der Waals surface area contributed by atoms with Crippen LogP contribution >= 0.6 is 15.9 Å². The fourth-order valence-corrected chi connectivity index (χ4v) is 1.85. The van der Waals surface area contributed by atoms with Gasteiger partial charge < -0.3 is 15.4 Å². The number of hydrogen-bond donors (Lipinski definition) is 3. The first kappa shape index (κ1) is 12.1. The van der Waals surface area contributed by atoms with Gasteiger partial charge in [-0.2, -0.15) is 4.98 Å². The summed E-state index contributed by atoms with van der Waals surface area (Å²) < 4.78 is 0.894. The molecule has 2 aromatic rings. The number of nitrogens with one attached hydrogen (secondary N) is 2. The van der Waals surface area contributed by atoms with Gasteiger partial charge >= 0.3 is 0 Å². The van der Waals surface area contributed by atoms with Crippen molar-refractivity contribution in [3.8, 4) is 0 Å². The van der Waals surface area contributed by atoms with E-state index in [4.69, 9.17) is 5.11 Å². The fourth-order valence-electron chi connectivity index (χ4n) is 1.52. The first-order chi connectivity index (χ1) is 8.22. The average molecular weight is 297 g/mol. The van der Waals surface area contributed by atoms with Gasteiger partial charge in [0.25, 0.3) is 0 Å². The van der Waals surface area contributed by atoms with Crippen molar-refractivity contribution in [2.75, 3.05) is 11.9 Å². The summed E-state index contributed by atoms with van der Waals surface area (Å²) >= 11 is 3.35. The normalized spacial score (nSPS) is 12.6. The summed E-state index contributed by atoms with van der Waals surface area (Å²) in [5.41, 5.74) is 1.49. The second-order valence-electron chi connectivity index (χ2n) is 3.66. The van der Waals surface area contributed by atoms with E-state index in [1.807, 2.05) is 6.07 Å². The van der Waals surface area contributed by atoms with E-state index in [-0.39, 0.29) is 12.6 Å². The lowest BCUT2D eigenvalue weighted by molar-refractivity contribution is 0.274. The molecule has 0 amide bonds. The zero-order valence-corrected chi connectivity index (χ0v) is 10.7. The Morgan fingerprint density at radius 3 is 3.18 bits per heavy atom. The second-order valence-corrected chi connectivity index (χ2v) is 4.57. The molecule has 0 unspecified atom stereocenters. The highest BCUT2D eigenvalue weighted by atomic mass is 79.9. The molecule has 0 aliphatic rings. The number of anilines is 1. The Morgan fingerprint density at radius 1 is 1.65 bits per heavy atom. The van der Waals surface area contributed by atoms with E-state index in [2.05, 4.69) is 42.8 Å². The van der Waals surface area contributed by atoms with Crippen LogP contribution < -0.4 is 5.32 Å².